The molecule has 3 heterocycles. The van der Waals surface area contributed by atoms with Gasteiger partial charge in [-0.1, -0.05) is 11.6 Å². The molecule has 168 valence electrons. The van der Waals surface area contributed by atoms with Crippen LogP contribution in [0.5, 0.6) is 0 Å². The number of hydrogen-bond acceptors (Lipinski definition) is 4. The SMILES string of the molecule is CC(C)OC(=O)N1CCC(NC(=O)c2cccn2-c2ncc(C(F)(F)F)cc2Cl)CC1. The molecule has 0 atom stereocenters. The number of likely N-dealkylation sites (tertiary alicyclic amines) is 1. The molecule has 1 aliphatic rings. The van der Waals surface area contributed by atoms with E-state index in [4.69, 9.17) is 16.3 Å². The maximum absolute atomic E-state index is 12.8. The van der Waals surface area contributed by atoms with Gasteiger partial charge < -0.3 is 15.0 Å². The molecule has 7 nitrogen and oxygen atoms in total. The van der Waals surface area contributed by atoms with Crippen LogP contribution in [-0.2, 0) is 10.9 Å². The Kier molecular flexibility index (Phi) is 6.78. The number of nitrogens with zero attached hydrogens (tertiary/aromatic N) is 3. The fourth-order valence-electron chi connectivity index (χ4n) is 3.26. The fraction of sp³-hybridized carbons (Fsp3) is 0.450. The lowest BCUT2D eigenvalue weighted by molar-refractivity contribution is -0.137. The Morgan fingerprint density at radius 3 is 2.55 bits per heavy atom. The smallest absolute Gasteiger partial charge is 0.417 e. The van der Waals surface area contributed by atoms with Crippen molar-refractivity contribution >= 4 is 23.6 Å². The number of carbonyl (C=O) groups is 2. The number of halogens is 4. The molecular weight excluding hydrogens is 437 g/mol. The van der Waals surface area contributed by atoms with Gasteiger partial charge in [0.15, 0.2) is 5.82 Å². The van der Waals surface area contributed by atoms with E-state index in [0.717, 1.165) is 6.07 Å². The first-order valence-corrected chi connectivity index (χ1v) is 10.1. The van der Waals surface area contributed by atoms with Crippen LogP contribution in [0.25, 0.3) is 5.82 Å². The summed E-state index contributed by atoms with van der Waals surface area (Å²) in [6.45, 7) is 4.45. The Bertz CT molecular complexity index is 953. The summed E-state index contributed by atoms with van der Waals surface area (Å²) < 4.78 is 45.1. The van der Waals surface area contributed by atoms with Crippen LogP contribution in [0.3, 0.4) is 0 Å². The van der Waals surface area contributed by atoms with Crippen molar-refractivity contribution in [3.63, 3.8) is 0 Å². The highest BCUT2D eigenvalue weighted by Gasteiger charge is 2.32. The van der Waals surface area contributed by atoms with Gasteiger partial charge in [-0.3, -0.25) is 9.36 Å². The lowest BCUT2D eigenvalue weighted by Gasteiger charge is -2.32. The zero-order valence-corrected chi connectivity index (χ0v) is 17.7. The van der Waals surface area contributed by atoms with E-state index in [9.17, 15) is 22.8 Å². The van der Waals surface area contributed by atoms with Gasteiger partial charge in [-0.2, -0.15) is 13.2 Å². The van der Waals surface area contributed by atoms with Crippen molar-refractivity contribution in [1.29, 1.82) is 0 Å². The first kappa shape index (κ1) is 22.9. The number of amides is 2. The largest absolute Gasteiger partial charge is 0.447 e. The van der Waals surface area contributed by atoms with Gasteiger partial charge >= 0.3 is 12.3 Å². The molecule has 0 aliphatic carbocycles. The van der Waals surface area contributed by atoms with Crippen molar-refractivity contribution in [3.8, 4) is 5.82 Å². The van der Waals surface area contributed by atoms with Crippen molar-refractivity contribution in [1.82, 2.24) is 19.8 Å². The summed E-state index contributed by atoms with van der Waals surface area (Å²) in [5, 5.41) is 2.67. The highest BCUT2D eigenvalue weighted by atomic mass is 35.5. The van der Waals surface area contributed by atoms with E-state index in [-0.39, 0.29) is 34.8 Å². The standard InChI is InChI=1S/C20H22ClF3N4O3/c1-12(2)31-19(30)27-8-5-14(6-9-27)26-18(29)16-4-3-7-28(16)17-15(21)10-13(11-25-17)20(22,23)24/h3-4,7,10-12,14H,5-6,8-9H2,1-2H3,(H,26,29). The number of piperidine rings is 1. The summed E-state index contributed by atoms with van der Waals surface area (Å²) in [4.78, 5) is 30.1. The summed E-state index contributed by atoms with van der Waals surface area (Å²) in [5.41, 5.74) is -0.780. The highest BCUT2D eigenvalue weighted by molar-refractivity contribution is 6.32. The number of carbonyl (C=O) groups excluding carboxylic acids is 2. The van der Waals surface area contributed by atoms with Gasteiger partial charge in [0.05, 0.1) is 16.7 Å². The topological polar surface area (TPSA) is 76.5 Å². The second kappa shape index (κ2) is 9.17. The van der Waals surface area contributed by atoms with Gasteiger partial charge in [0.2, 0.25) is 0 Å². The molecule has 0 radical (unpaired) electrons. The number of nitrogens with one attached hydrogen (secondary N) is 1. The number of ether oxygens (including phenoxy) is 1. The molecule has 0 unspecified atom stereocenters. The molecule has 1 aliphatic heterocycles. The van der Waals surface area contributed by atoms with Gasteiger partial charge in [0.1, 0.15) is 5.69 Å². The van der Waals surface area contributed by atoms with Gasteiger partial charge in [-0.05, 0) is 44.9 Å². The van der Waals surface area contributed by atoms with Gasteiger partial charge in [-0.25, -0.2) is 9.78 Å². The normalized spacial score (nSPS) is 15.3. The van der Waals surface area contributed by atoms with Crippen molar-refractivity contribution in [2.75, 3.05) is 13.1 Å². The van der Waals surface area contributed by atoms with E-state index < -0.39 is 17.6 Å². The Balaban J connectivity index is 1.67. The lowest BCUT2D eigenvalue weighted by atomic mass is 10.1. The van der Waals surface area contributed by atoms with Gasteiger partial charge in [0.25, 0.3) is 5.91 Å². The maximum Gasteiger partial charge on any atom is 0.417 e. The van der Waals surface area contributed by atoms with Crippen molar-refractivity contribution < 1.29 is 27.5 Å². The van der Waals surface area contributed by atoms with Gasteiger partial charge in [-0.15, -0.1) is 0 Å². The first-order valence-electron chi connectivity index (χ1n) is 9.73. The quantitative estimate of drug-likeness (QED) is 0.741. The van der Waals surface area contributed by atoms with Crippen LogP contribution < -0.4 is 5.32 Å². The van der Waals surface area contributed by atoms with E-state index >= 15 is 0 Å². The second-order valence-electron chi connectivity index (χ2n) is 7.46. The van der Waals surface area contributed by atoms with E-state index in [1.807, 2.05) is 0 Å². The predicted octanol–water partition coefficient (Wildman–Crippen LogP) is 4.28. The molecule has 0 bridgehead atoms. The summed E-state index contributed by atoms with van der Waals surface area (Å²) in [6.07, 6.45) is -1.86. The van der Waals surface area contributed by atoms with Crippen LogP contribution in [0, 0.1) is 0 Å². The Labute approximate surface area is 182 Å². The fourth-order valence-corrected chi connectivity index (χ4v) is 3.51. The summed E-state index contributed by atoms with van der Waals surface area (Å²) >= 11 is 6.01. The third-order valence-corrected chi connectivity index (χ3v) is 5.06. The average Bonchev–Trinajstić information content (AvgIpc) is 3.17. The monoisotopic (exact) mass is 458 g/mol. The van der Waals surface area contributed by atoms with Crippen LogP contribution in [0.2, 0.25) is 5.02 Å². The lowest BCUT2D eigenvalue weighted by Crippen LogP contribution is -2.47. The molecule has 3 rings (SSSR count). The van der Waals surface area contributed by atoms with E-state index in [0.29, 0.717) is 32.1 Å². The summed E-state index contributed by atoms with van der Waals surface area (Å²) in [6, 6.07) is 3.72. The zero-order valence-electron chi connectivity index (χ0n) is 16.9. The minimum absolute atomic E-state index is 0.0241. The highest BCUT2D eigenvalue weighted by Crippen LogP contribution is 2.32. The first-order chi connectivity index (χ1) is 14.6. The Morgan fingerprint density at radius 2 is 1.97 bits per heavy atom. The molecule has 1 fully saturated rings. The number of hydrogen-bond donors (Lipinski definition) is 1. The molecule has 0 spiro atoms. The number of alkyl halides is 3. The van der Waals surface area contributed by atoms with E-state index in [2.05, 4.69) is 10.3 Å². The predicted molar refractivity (Wildman–Crippen MR) is 107 cm³/mol. The molecule has 0 aromatic carbocycles. The number of aromatic nitrogens is 2. The minimum Gasteiger partial charge on any atom is -0.447 e. The van der Waals surface area contributed by atoms with E-state index in [1.165, 1.54) is 16.8 Å². The van der Waals surface area contributed by atoms with Crippen LogP contribution >= 0.6 is 11.6 Å². The summed E-state index contributed by atoms with van der Waals surface area (Å²) in [5.74, 6) is -0.387. The molecular formula is C20H22ClF3N4O3. The maximum atomic E-state index is 12.8. The van der Waals surface area contributed by atoms with Crippen molar-refractivity contribution in [3.05, 3.63) is 46.9 Å². The minimum atomic E-state index is -4.57. The zero-order chi connectivity index (χ0) is 22.8. The van der Waals surface area contributed by atoms with Crippen LogP contribution in [0.1, 0.15) is 42.7 Å². The molecule has 1 saturated heterocycles. The number of rotatable bonds is 4. The average molecular weight is 459 g/mol. The molecule has 11 heteroatoms. The molecule has 2 aromatic rings. The summed E-state index contributed by atoms with van der Waals surface area (Å²) in [7, 11) is 0. The Morgan fingerprint density at radius 1 is 1.29 bits per heavy atom. The molecule has 0 saturated carbocycles. The van der Waals surface area contributed by atoms with Crippen LogP contribution in [0.15, 0.2) is 30.6 Å². The third-order valence-electron chi connectivity index (χ3n) is 4.78. The van der Waals surface area contributed by atoms with Crippen molar-refractivity contribution in [2.45, 2.75) is 45.0 Å². The van der Waals surface area contributed by atoms with Crippen LogP contribution in [0.4, 0.5) is 18.0 Å². The van der Waals surface area contributed by atoms with E-state index in [1.54, 1.807) is 24.8 Å². The molecule has 2 amide bonds. The number of pyridine rings is 1. The third kappa shape index (κ3) is 5.49. The Hall–Kier alpha value is -2.75. The molecule has 2 aromatic heterocycles. The molecule has 1 N–H and O–H groups in total. The second-order valence-corrected chi connectivity index (χ2v) is 7.87. The van der Waals surface area contributed by atoms with Crippen LogP contribution in [-0.4, -0.2) is 51.7 Å². The molecule has 31 heavy (non-hydrogen) atoms. The van der Waals surface area contributed by atoms with Crippen molar-refractivity contribution in [2.24, 2.45) is 0 Å². The van der Waals surface area contributed by atoms with Gasteiger partial charge in [0, 0.05) is 31.5 Å².